The van der Waals surface area contributed by atoms with Gasteiger partial charge in [-0.15, -0.1) is 0 Å². The van der Waals surface area contributed by atoms with Crippen molar-refractivity contribution >= 4 is 16.7 Å². The number of fused-ring (bicyclic) bond motifs is 1. The first-order chi connectivity index (χ1) is 13.3. The first-order valence-corrected chi connectivity index (χ1v) is 8.85. The van der Waals surface area contributed by atoms with E-state index in [4.69, 9.17) is 9.47 Å². The van der Waals surface area contributed by atoms with Gasteiger partial charge in [0.15, 0.2) is 5.82 Å². The molecule has 1 heterocycles. The highest BCUT2D eigenvalue weighted by Gasteiger charge is 2.16. The topological polar surface area (TPSA) is 59.2 Å². The van der Waals surface area contributed by atoms with E-state index in [9.17, 15) is 0 Å². The van der Waals surface area contributed by atoms with E-state index in [0.717, 1.165) is 39.5 Å². The molecule has 0 aliphatic heterocycles. The van der Waals surface area contributed by atoms with Gasteiger partial charge in [0.1, 0.15) is 17.2 Å². The first kappa shape index (κ1) is 17.0. The van der Waals surface area contributed by atoms with Crippen molar-refractivity contribution < 1.29 is 9.47 Å². The molecule has 3 aromatic carbocycles. The molecule has 0 saturated carbocycles. The Labute approximate surface area is 157 Å². The predicted octanol–water partition coefficient (Wildman–Crippen LogP) is 5.54. The molecule has 5 nitrogen and oxygen atoms in total. The van der Waals surface area contributed by atoms with Gasteiger partial charge in [0.05, 0.1) is 24.1 Å². The third-order valence-electron chi connectivity index (χ3n) is 4.48. The zero-order valence-corrected chi connectivity index (χ0v) is 15.3. The highest BCUT2D eigenvalue weighted by molar-refractivity contribution is 5.95. The number of nitrogens with zero attached hydrogens (tertiary/aromatic N) is 1. The molecule has 27 heavy (non-hydrogen) atoms. The maximum atomic E-state index is 6.10. The molecule has 0 radical (unpaired) electrons. The summed E-state index contributed by atoms with van der Waals surface area (Å²) in [5, 5.41) is 11.9. The second kappa shape index (κ2) is 7.41. The minimum absolute atomic E-state index is 0.0115. The zero-order chi connectivity index (χ0) is 18.6. The van der Waals surface area contributed by atoms with E-state index in [1.165, 1.54) is 0 Å². The lowest BCUT2D eigenvalue weighted by Gasteiger charge is -2.17. The van der Waals surface area contributed by atoms with Crippen molar-refractivity contribution in [2.75, 3.05) is 12.4 Å². The summed E-state index contributed by atoms with van der Waals surface area (Å²) in [6.45, 7) is 2.08. The van der Waals surface area contributed by atoms with E-state index in [1.54, 1.807) is 7.11 Å². The number of aromatic amines is 1. The fourth-order valence-electron chi connectivity index (χ4n) is 3.15. The first-order valence-electron chi connectivity index (χ1n) is 8.85. The van der Waals surface area contributed by atoms with Gasteiger partial charge in [0.2, 0.25) is 0 Å². The van der Waals surface area contributed by atoms with Gasteiger partial charge in [-0.05, 0) is 37.3 Å². The van der Waals surface area contributed by atoms with Gasteiger partial charge in [-0.25, -0.2) is 0 Å². The standard InChI is InChI=1S/C22H21N3O2/c1-15(17-11-6-7-13-19(17)26-2)23-22-21-18(24-25-22)12-8-14-20(21)27-16-9-4-3-5-10-16/h3-15H,1-2H3,(H2,23,24,25). The van der Waals surface area contributed by atoms with Crippen LogP contribution >= 0.6 is 0 Å². The molecule has 0 amide bonds. The Morgan fingerprint density at radius 1 is 0.889 bits per heavy atom. The molecule has 2 N–H and O–H groups in total. The van der Waals surface area contributed by atoms with Crippen LogP contribution < -0.4 is 14.8 Å². The number of para-hydroxylation sites is 2. The van der Waals surface area contributed by atoms with Crippen LogP contribution in [0.4, 0.5) is 5.82 Å². The number of hydrogen-bond donors (Lipinski definition) is 2. The maximum Gasteiger partial charge on any atom is 0.160 e. The number of ether oxygens (including phenoxy) is 2. The molecule has 4 aromatic rings. The van der Waals surface area contributed by atoms with E-state index in [1.807, 2.05) is 72.8 Å². The molecule has 5 heteroatoms. The monoisotopic (exact) mass is 359 g/mol. The van der Waals surface area contributed by atoms with Crippen LogP contribution in [-0.2, 0) is 0 Å². The number of hydrogen-bond acceptors (Lipinski definition) is 4. The Hall–Kier alpha value is -3.47. The number of anilines is 1. The van der Waals surface area contributed by atoms with Crippen LogP contribution in [0.15, 0.2) is 72.8 Å². The van der Waals surface area contributed by atoms with E-state index < -0.39 is 0 Å². The number of H-pyrrole nitrogens is 1. The third kappa shape index (κ3) is 3.44. The summed E-state index contributed by atoms with van der Waals surface area (Å²) in [6, 6.07) is 23.6. The SMILES string of the molecule is COc1ccccc1C(C)Nc1n[nH]c2cccc(Oc3ccccc3)c12. The Balaban J connectivity index is 1.68. The Morgan fingerprint density at radius 3 is 2.44 bits per heavy atom. The number of nitrogens with one attached hydrogen (secondary N) is 2. The molecule has 0 saturated heterocycles. The molecule has 1 atom stereocenters. The van der Waals surface area contributed by atoms with Crippen molar-refractivity contribution in [3.8, 4) is 17.2 Å². The van der Waals surface area contributed by atoms with Gasteiger partial charge in [-0.2, -0.15) is 5.10 Å². The van der Waals surface area contributed by atoms with E-state index in [0.29, 0.717) is 0 Å². The van der Waals surface area contributed by atoms with Gasteiger partial charge >= 0.3 is 0 Å². The largest absolute Gasteiger partial charge is 0.496 e. The van der Waals surface area contributed by atoms with Crippen molar-refractivity contribution in [3.05, 3.63) is 78.4 Å². The number of methoxy groups -OCH3 is 1. The average molecular weight is 359 g/mol. The molecule has 0 spiro atoms. The summed E-state index contributed by atoms with van der Waals surface area (Å²) in [6.07, 6.45) is 0. The Morgan fingerprint density at radius 2 is 1.63 bits per heavy atom. The fourth-order valence-corrected chi connectivity index (χ4v) is 3.15. The van der Waals surface area contributed by atoms with Gasteiger partial charge in [-0.3, -0.25) is 5.10 Å². The molecular formula is C22H21N3O2. The lowest BCUT2D eigenvalue weighted by molar-refractivity contribution is 0.408. The highest BCUT2D eigenvalue weighted by Crippen LogP contribution is 2.36. The smallest absolute Gasteiger partial charge is 0.160 e. The van der Waals surface area contributed by atoms with Crippen molar-refractivity contribution in [2.24, 2.45) is 0 Å². The third-order valence-corrected chi connectivity index (χ3v) is 4.48. The summed E-state index contributed by atoms with van der Waals surface area (Å²) in [4.78, 5) is 0. The van der Waals surface area contributed by atoms with Crippen molar-refractivity contribution in [2.45, 2.75) is 13.0 Å². The molecular weight excluding hydrogens is 338 g/mol. The van der Waals surface area contributed by atoms with Crippen LogP contribution in [0.3, 0.4) is 0 Å². The highest BCUT2D eigenvalue weighted by atomic mass is 16.5. The zero-order valence-electron chi connectivity index (χ0n) is 15.3. The molecule has 0 aliphatic carbocycles. The van der Waals surface area contributed by atoms with Crippen molar-refractivity contribution in [1.29, 1.82) is 0 Å². The van der Waals surface area contributed by atoms with Crippen LogP contribution in [0.2, 0.25) is 0 Å². The van der Waals surface area contributed by atoms with Gasteiger partial charge in [-0.1, -0.05) is 42.5 Å². The number of rotatable bonds is 6. The molecule has 1 aromatic heterocycles. The van der Waals surface area contributed by atoms with Gasteiger partial charge < -0.3 is 14.8 Å². The Bertz CT molecular complexity index is 1040. The summed E-state index contributed by atoms with van der Waals surface area (Å²) in [5.41, 5.74) is 1.98. The lowest BCUT2D eigenvalue weighted by Crippen LogP contribution is -2.08. The normalized spacial score (nSPS) is 11.9. The molecule has 0 aliphatic rings. The van der Waals surface area contributed by atoms with E-state index in [-0.39, 0.29) is 6.04 Å². The summed E-state index contributed by atoms with van der Waals surface area (Å²) in [5.74, 6) is 3.13. The summed E-state index contributed by atoms with van der Waals surface area (Å²) in [7, 11) is 1.68. The number of benzene rings is 3. The minimum atomic E-state index is 0.0115. The molecule has 4 rings (SSSR count). The van der Waals surface area contributed by atoms with Crippen LogP contribution in [0.1, 0.15) is 18.5 Å². The molecule has 136 valence electrons. The second-order valence-electron chi connectivity index (χ2n) is 6.27. The van der Waals surface area contributed by atoms with Gasteiger partial charge in [0.25, 0.3) is 0 Å². The maximum absolute atomic E-state index is 6.10. The van der Waals surface area contributed by atoms with Crippen molar-refractivity contribution in [3.63, 3.8) is 0 Å². The lowest BCUT2D eigenvalue weighted by atomic mass is 10.1. The van der Waals surface area contributed by atoms with E-state index in [2.05, 4.69) is 22.4 Å². The van der Waals surface area contributed by atoms with Crippen molar-refractivity contribution in [1.82, 2.24) is 10.2 Å². The second-order valence-corrected chi connectivity index (χ2v) is 6.27. The Kier molecular flexibility index (Phi) is 4.66. The average Bonchev–Trinajstić information content (AvgIpc) is 3.12. The van der Waals surface area contributed by atoms with Crippen LogP contribution in [0.5, 0.6) is 17.2 Å². The fraction of sp³-hybridized carbons (Fsp3) is 0.136. The number of aromatic nitrogens is 2. The van der Waals surface area contributed by atoms with Crippen LogP contribution in [0, 0.1) is 0 Å². The predicted molar refractivity (Wildman–Crippen MR) is 108 cm³/mol. The summed E-state index contributed by atoms with van der Waals surface area (Å²) >= 11 is 0. The molecule has 1 unspecified atom stereocenters. The van der Waals surface area contributed by atoms with E-state index >= 15 is 0 Å². The van der Waals surface area contributed by atoms with Crippen LogP contribution in [-0.4, -0.2) is 17.3 Å². The molecule has 0 fully saturated rings. The summed E-state index contributed by atoms with van der Waals surface area (Å²) < 4.78 is 11.6. The minimum Gasteiger partial charge on any atom is -0.496 e. The van der Waals surface area contributed by atoms with Crippen LogP contribution in [0.25, 0.3) is 10.9 Å². The van der Waals surface area contributed by atoms with Gasteiger partial charge in [0, 0.05) is 5.56 Å². The molecule has 0 bridgehead atoms. The quantitative estimate of drug-likeness (QED) is 0.475.